The summed E-state index contributed by atoms with van der Waals surface area (Å²) in [5, 5.41) is 0. The van der Waals surface area contributed by atoms with Crippen molar-refractivity contribution in [3.05, 3.63) is 58.7 Å². The highest BCUT2D eigenvalue weighted by molar-refractivity contribution is 6.14. The Morgan fingerprint density at radius 2 is 1.21 bits per heavy atom. The molecule has 0 unspecified atom stereocenters. The molecule has 0 radical (unpaired) electrons. The molecule has 0 saturated carbocycles. The second-order valence-corrected chi connectivity index (χ2v) is 7.07. The first-order valence-electron chi connectivity index (χ1n) is 9.09. The molecule has 0 N–H and O–H groups in total. The second kappa shape index (κ2) is 6.73. The fourth-order valence-corrected chi connectivity index (χ4v) is 3.62. The molecule has 0 spiro atoms. The Balaban J connectivity index is 1.45. The molecule has 2 aromatic carbocycles. The molecule has 0 amide bonds. The molecule has 3 aliphatic rings. The molecule has 5 rings (SSSR count). The lowest BCUT2D eigenvalue weighted by Crippen LogP contribution is -2.34. The Hall–Kier alpha value is -3.25. The predicted octanol–water partition coefficient (Wildman–Crippen LogP) is 3.13. The molecular weight excluding hydrogens is 358 g/mol. The predicted molar refractivity (Wildman–Crippen MR) is 104 cm³/mol. The highest BCUT2D eigenvalue weighted by Gasteiger charge is 2.24. The van der Waals surface area contributed by atoms with Gasteiger partial charge in [0.15, 0.2) is 28.8 Å². The van der Waals surface area contributed by atoms with Crippen molar-refractivity contribution >= 4 is 17.9 Å². The maximum Gasteiger partial charge on any atom is 0.231 e. The van der Waals surface area contributed by atoms with Crippen LogP contribution in [0.3, 0.4) is 0 Å². The van der Waals surface area contributed by atoms with Crippen molar-refractivity contribution in [2.75, 3.05) is 33.7 Å². The number of nitrogens with zero attached hydrogens (tertiary/aromatic N) is 1. The first-order valence-corrected chi connectivity index (χ1v) is 9.09. The first kappa shape index (κ1) is 16.9. The van der Waals surface area contributed by atoms with Crippen LogP contribution in [0.5, 0.6) is 23.0 Å². The lowest BCUT2D eigenvalue weighted by Gasteiger charge is -2.26. The summed E-state index contributed by atoms with van der Waals surface area (Å²) in [5.74, 6) is 2.95. The number of carbonyl (C=O) groups excluding carboxylic acids is 1. The van der Waals surface area contributed by atoms with Gasteiger partial charge in [0.25, 0.3) is 0 Å². The smallest absolute Gasteiger partial charge is 0.231 e. The molecule has 1 fully saturated rings. The molecule has 0 atom stereocenters. The normalized spacial score (nSPS) is 21.0. The van der Waals surface area contributed by atoms with Gasteiger partial charge in [-0.3, -0.25) is 9.69 Å². The van der Waals surface area contributed by atoms with Gasteiger partial charge >= 0.3 is 0 Å². The fourth-order valence-electron chi connectivity index (χ4n) is 3.62. The number of piperidine rings is 1. The molecule has 0 aliphatic carbocycles. The number of rotatable bonds is 2. The molecule has 142 valence electrons. The number of Topliss-reactive ketones (excluding diaryl/α,β-unsaturated/α-hetero) is 1. The number of benzene rings is 2. The van der Waals surface area contributed by atoms with Crippen LogP contribution in [0, 0.1) is 0 Å². The monoisotopic (exact) mass is 377 g/mol. The minimum absolute atomic E-state index is 0.0634. The average molecular weight is 377 g/mol. The van der Waals surface area contributed by atoms with Crippen molar-refractivity contribution in [1.29, 1.82) is 0 Å². The van der Waals surface area contributed by atoms with Crippen molar-refractivity contribution in [1.82, 2.24) is 4.90 Å². The number of likely N-dealkylation sites (N-methyl/N-ethyl adjacent to an activating group) is 1. The average Bonchev–Trinajstić information content (AvgIpc) is 3.33. The number of ether oxygens (including phenoxy) is 4. The third kappa shape index (κ3) is 3.12. The topological polar surface area (TPSA) is 57.2 Å². The SMILES string of the molecule is CN1C/C(=C/c2ccc3c(c2)OCO3)C(=O)/C(=C\c2ccc3c(c2)OCO3)C1. The zero-order chi connectivity index (χ0) is 19.1. The lowest BCUT2D eigenvalue weighted by molar-refractivity contribution is -0.113. The molecule has 1 saturated heterocycles. The van der Waals surface area contributed by atoms with E-state index < -0.39 is 0 Å². The van der Waals surface area contributed by atoms with Crippen LogP contribution in [0.25, 0.3) is 12.2 Å². The van der Waals surface area contributed by atoms with Crippen molar-refractivity contribution in [3.63, 3.8) is 0 Å². The first-order chi connectivity index (χ1) is 13.7. The molecule has 28 heavy (non-hydrogen) atoms. The van der Waals surface area contributed by atoms with E-state index in [9.17, 15) is 4.79 Å². The molecule has 0 bridgehead atoms. The van der Waals surface area contributed by atoms with Crippen LogP contribution in [0.4, 0.5) is 0 Å². The molecule has 3 aliphatic heterocycles. The zero-order valence-electron chi connectivity index (χ0n) is 15.4. The Labute approximate surface area is 162 Å². The van der Waals surface area contributed by atoms with E-state index in [4.69, 9.17) is 18.9 Å². The maximum atomic E-state index is 13.1. The molecule has 6 nitrogen and oxygen atoms in total. The summed E-state index contributed by atoms with van der Waals surface area (Å²) in [4.78, 5) is 15.2. The van der Waals surface area contributed by atoms with E-state index >= 15 is 0 Å². The van der Waals surface area contributed by atoms with Crippen LogP contribution in [0.15, 0.2) is 47.5 Å². The van der Waals surface area contributed by atoms with Crippen molar-refractivity contribution in [2.24, 2.45) is 0 Å². The molecular formula is C22H19NO5. The summed E-state index contributed by atoms with van der Waals surface area (Å²) >= 11 is 0. The van der Waals surface area contributed by atoms with E-state index in [1.807, 2.05) is 55.6 Å². The van der Waals surface area contributed by atoms with Gasteiger partial charge in [0.1, 0.15) is 0 Å². The van der Waals surface area contributed by atoms with E-state index in [0.717, 1.165) is 33.8 Å². The standard InChI is InChI=1S/C22H19NO5/c1-23-10-16(6-14-2-4-18-20(8-14)27-12-25-18)22(24)17(11-23)7-15-3-5-19-21(9-15)28-13-26-19/h2-9H,10-13H2,1H3/b16-6-,17-7-. The van der Waals surface area contributed by atoms with Crippen LogP contribution in [0.2, 0.25) is 0 Å². The van der Waals surface area contributed by atoms with Crippen molar-refractivity contribution in [2.45, 2.75) is 0 Å². The van der Waals surface area contributed by atoms with Gasteiger partial charge in [0.05, 0.1) is 0 Å². The van der Waals surface area contributed by atoms with Gasteiger partial charge < -0.3 is 18.9 Å². The molecule has 6 heteroatoms. The van der Waals surface area contributed by atoms with Crippen molar-refractivity contribution in [3.8, 4) is 23.0 Å². The van der Waals surface area contributed by atoms with Crippen LogP contribution < -0.4 is 18.9 Å². The Morgan fingerprint density at radius 3 is 1.71 bits per heavy atom. The van der Waals surface area contributed by atoms with Gasteiger partial charge in [0.2, 0.25) is 13.6 Å². The highest BCUT2D eigenvalue weighted by atomic mass is 16.7. The van der Waals surface area contributed by atoms with E-state index in [1.165, 1.54) is 0 Å². The summed E-state index contributed by atoms with van der Waals surface area (Å²) in [6.45, 7) is 1.68. The Kier molecular flexibility index (Phi) is 4.06. The van der Waals surface area contributed by atoms with Gasteiger partial charge in [-0.2, -0.15) is 0 Å². The minimum atomic E-state index is 0.0634. The van der Waals surface area contributed by atoms with Gasteiger partial charge in [-0.15, -0.1) is 0 Å². The zero-order valence-corrected chi connectivity index (χ0v) is 15.4. The van der Waals surface area contributed by atoms with Crippen molar-refractivity contribution < 1.29 is 23.7 Å². The van der Waals surface area contributed by atoms with E-state index in [-0.39, 0.29) is 19.4 Å². The molecule has 0 aromatic heterocycles. The van der Waals surface area contributed by atoms with E-state index in [0.29, 0.717) is 24.6 Å². The lowest BCUT2D eigenvalue weighted by atomic mass is 9.94. The highest BCUT2D eigenvalue weighted by Crippen LogP contribution is 2.35. The summed E-state index contributed by atoms with van der Waals surface area (Å²) in [6.07, 6.45) is 3.85. The Bertz CT molecular complexity index is 944. The Morgan fingerprint density at radius 1 is 0.750 bits per heavy atom. The van der Waals surface area contributed by atoms with Crippen LogP contribution in [-0.4, -0.2) is 44.4 Å². The number of fused-ring (bicyclic) bond motifs is 2. The number of likely N-dealkylation sites (tertiary alicyclic amines) is 1. The van der Waals surface area contributed by atoms with Crippen LogP contribution in [-0.2, 0) is 4.79 Å². The molecule has 3 heterocycles. The fraction of sp³-hybridized carbons (Fsp3) is 0.227. The van der Waals surface area contributed by atoms with E-state index in [1.54, 1.807) is 0 Å². The second-order valence-electron chi connectivity index (χ2n) is 7.07. The summed E-state index contributed by atoms with van der Waals surface area (Å²) in [6, 6.07) is 11.4. The minimum Gasteiger partial charge on any atom is -0.454 e. The van der Waals surface area contributed by atoms with Gasteiger partial charge in [-0.25, -0.2) is 0 Å². The summed E-state index contributed by atoms with van der Waals surface area (Å²) in [7, 11) is 2.01. The number of ketones is 1. The maximum absolute atomic E-state index is 13.1. The van der Waals surface area contributed by atoms with Gasteiger partial charge in [0, 0.05) is 24.2 Å². The van der Waals surface area contributed by atoms with Crippen LogP contribution in [0.1, 0.15) is 11.1 Å². The largest absolute Gasteiger partial charge is 0.454 e. The number of carbonyl (C=O) groups is 1. The van der Waals surface area contributed by atoms with Gasteiger partial charge in [-0.05, 0) is 54.6 Å². The molecule has 2 aromatic rings. The number of hydrogen-bond donors (Lipinski definition) is 0. The van der Waals surface area contributed by atoms with Gasteiger partial charge in [-0.1, -0.05) is 12.1 Å². The number of hydrogen-bond acceptors (Lipinski definition) is 6. The third-order valence-corrected chi connectivity index (χ3v) is 4.94. The summed E-state index contributed by atoms with van der Waals surface area (Å²) < 4.78 is 21.6. The quantitative estimate of drug-likeness (QED) is 0.750. The summed E-state index contributed by atoms with van der Waals surface area (Å²) in [5.41, 5.74) is 3.34. The van der Waals surface area contributed by atoms with E-state index in [2.05, 4.69) is 4.90 Å². The van der Waals surface area contributed by atoms with Crippen LogP contribution >= 0.6 is 0 Å². The third-order valence-electron chi connectivity index (χ3n) is 4.94.